The number of nitrogens with zero attached hydrogens (tertiary/aromatic N) is 3. The van der Waals surface area contributed by atoms with Crippen LogP contribution in [-0.4, -0.2) is 34.8 Å². The molecule has 0 N–H and O–H groups in total. The van der Waals surface area contributed by atoms with Gasteiger partial charge in [-0.1, -0.05) is 65.2 Å². The van der Waals surface area contributed by atoms with Crippen LogP contribution in [0.1, 0.15) is 108 Å². The minimum absolute atomic E-state index is 0.165. The predicted octanol–water partition coefficient (Wildman–Crippen LogP) is 8.45. The van der Waals surface area contributed by atoms with E-state index in [4.69, 9.17) is 9.47 Å². The van der Waals surface area contributed by atoms with E-state index in [0.29, 0.717) is 43.8 Å². The standard InChI is InChI=1S/C30H44F3N3O2/c1-3-5-7-8-9-10-11-14-24-16-15-23-20-26(36-28(31)27(23)30(24,32)33)29-34-21-25(22-35-29)38-19-13-12-18-37-17-6-4-2/h20-22,24H,3-19H2,1-2H3. The number of rotatable bonds is 18. The van der Waals surface area contributed by atoms with E-state index >= 15 is 8.78 Å². The molecule has 0 aromatic carbocycles. The molecule has 0 bridgehead atoms. The first-order chi connectivity index (χ1) is 18.5. The van der Waals surface area contributed by atoms with Crippen molar-refractivity contribution < 1.29 is 22.6 Å². The van der Waals surface area contributed by atoms with Gasteiger partial charge in [0.25, 0.3) is 5.92 Å². The third-order valence-electron chi connectivity index (χ3n) is 7.27. The third-order valence-corrected chi connectivity index (χ3v) is 7.27. The van der Waals surface area contributed by atoms with E-state index in [1.807, 2.05) is 0 Å². The van der Waals surface area contributed by atoms with Gasteiger partial charge < -0.3 is 9.47 Å². The maximum atomic E-state index is 15.3. The summed E-state index contributed by atoms with van der Waals surface area (Å²) >= 11 is 0. The van der Waals surface area contributed by atoms with E-state index in [2.05, 4.69) is 28.8 Å². The molecule has 2 heterocycles. The monoisotopic (exact) mass is 535 g/mol. The summed E-state index contributed by atoms with van der Waals surface area (Å²) in [4.78, 5) is 12.3. The van der Waals surface area contributed by atoms with Gasteiger partial charge in [0.2, 0.25) is 5.95 Å². The fourth-order valence-corrected chi connectivity index (χ4v) is 4.98. The fourth-order valence-electron chi connectivity index (χ4n) is 4.98. The molecule has 0 spiro atoms. The summed E-state index contributed by atoms with van der Waals surface area (Å²) in [6, 6.07) is 1.52. The van der Waals surface area contributed by atoms with Crippen LogP contribution in [0, 0.1) is 11.9 Å². The normalized spacial score (nSPS) is 16.4. The first-order valence-electron chi connectivity index (χ1n) is 14.6. The second-order valence-electron chi connectivity index (χ2n) is 10.4. The number of aryl methyl sites for hydroxylation is 1. The highest BCUT2D eigenvalue weighted by Crippen LogP contribution is 2.47. The number of unbranched alkanes of at least 4 members (excludes halogenated alkanes) is 8. The summed E-state index contributed by atoms with van der Waals surface area (Å²) in [5, 5.41) is 0. The molecule has 1 aliphatic carbocycles. The first kappa shape index (κ1) is 30.3. The van der Waals surface area contributed by atoms with Gasteiger partial charge in [0.1, 0.15) is 5.69 Å². The Morgan fingerprint density at radius 2 is 1.53 bits per heavy atom. The SMILES string of the molecule is CCCCCCCCCC1CCc2cc(-c3ncc(OCCCCOCCCC)cn3)nc(F)c2C1(F)F. The van der Waals surface area contributed by atoms with Gasteiger partial charge in [0, 0.05) is 19.1 Å². The van der Waals surface area contributed by atoms with E-state index < -0.39 is 23.4 Å². The lowest BCUT2D eigenvalue weighted by Gasteiger charge is -2.33. The van der Waals surface area contributed by atoms with Crippen LogP contribution >= 0.6 is 0 Å². The van der Waals surface area contributed by atoms with Gasteiger partial charge in [-0.25, -0.2) is 23.7 Å². The average molecular weight is 536 g/mol. The Kier molecular flexibility index (Phi) is 12.8. The van der Waals surface area contributed by atoms with E-state index in [-0.39, 0.29) is 11.5 Å². The smallest absolute Gasteiger partial charge is 0.280 e. The van der Waals surface area contributed by atoms with Crippen molar-refractivity contribution in [2.45, 2.75) is 110 Å². The van der Waals surface area contributed by atoms with E-state index in [0.717, 1.165) is 58.0 Å². The van der Waals surface area contributed by atoms with Crippen molar-refractivity contribution in [2.75, 3.05) is 19.8 Å². The van der Waals surface area contributed by atoms with Crippen molar-refractivity contribution in [3.8, 4) is 17.3 Å². The highest BCUT2D eigenvalue weighted by molar-refractivity contribution is 5.53. The Hall–Kier alpha value is -2.22. The maximum Gasteiger partial charge on any atom is 0.280 e. The fraction of sp³-hybridized carbons (Fsp3) is 0.700. The number of ether oxygens (including phenoxy) is 2. The van der Waals surface area contributed by atoms with Crippen LogP contribution in [0.25, 0.3) is 11.5 Å². The van der Waals surface area contributed by atoms with Gasteiger partial charge in [0.05, 0.1) is 24.6 Å². The minimum Gasteiger partial charge on any atom is -0.490 e. The number of hydrogen-bond acceptors (Lipinski definition) is 5. The highest BCUT2D eigenvalue weighted by atomic mass is 19.3. The van der Waals surface area contributed by atoms with Crippen molar-refractivity contribution in [3.05, 3.63) is 35.5 Å². The minimum atomic E-state index is -3.22. The third kappa shape index (κ3) is 8.92. The second kappa shape index (κ2) is 16.0. The number of fused-ring (bicyclic) bond motifs is 1. The van der Waals surface area contributed by atoms with Crippen molar-refractivity contribution in [1.82, 2.24) is 15.0 Å². The largest absolute Gasteiger partial charge is 0.490 e. The van der Waals surface area contributed by atoms with Crippen molar-refractivity contribution in [2.24, 2.45) is 5.92 Å². The second-order valence-corrected chi connectivity index (χ2v) is 10.4. The van der Waals surface area contributed by atoms with Gasteiger partial charge >= 0.3 is 0 Å². The number of pyridine rings is 1. The Morgan fingerprint density at radius 3 is 2.26 bits per heavy atom. The van der Waals surface area contributed by atoms with E-state index in [1.165, 1.54) is 37.7 Å². The van der Waals surface area contributed by atoms with Gasteiger partial charge in [-0.15, -0.1) is 0 Å². The zero-order chi connectivity index (χ0) is 27.2. The number of alkyl halides is 2. The molecule has 0 radical (unpaired) electrons. The summed E-state index contributed by atoms with van der Waals surface area (Å²) in [5.41, 5.74) is -0.0733. The predicted molar refractivity (Wildman–Crippen MR) is 144 cm³/mol. The molecule has 2 aromatic rings. The summed E-state index contributed by atoms with van der Waals surface area (Å²) in [6.45, 7) is 6.33. The molecular weight excluding hydrogens is 491 g/mol. The Morgan fingerprint density at radius 1 is 0.868 bits per heavy atom. The first-order valence-corrected chi connectivity index (χ1v) is 14.6. The van der Waals surface area contributed by atoms with Crippen LogP contribution in [0.15, 0.2) is 18.5 Å². The number of hydrogen-bond donors (Lipinski definition) is 0. The van der Waals surface area contributed by atoms with Crippen molar-refractivity contribution in [3.63, 3.8) is 0 Å². The van der Waals surface area contributed by atoms with Gasteiger partial charge in [0.15, 0.2) is 11.6 Å². The Balaban J connectivity index is 1.52. The lowest BCUT2D eigenvalue weighted by Crippen LogP contribution is -2.33. The van der Waals surface area contributed by atoms with Crippen LogP contribution in [0.3, 0.4) is 0 Å². The molecular formula is C30H44F3N3O2. The molecule has 212 valence electrons. The molecule has 0 fully saturated rings. The van der Waals surface area contributed by atoms with Gasteiger partial charge in [-0.3, -0.25) is 0 Å². The van der Waals surface area contributed by atoms with Crippen LogP contribution in [0.4, 0.5) is 13.2 Å². The van der Waals surface area contributed by atoms with Crippen LogP contribution in [-0.2, 0) is 17.1 Å². The van der Waals surface area contributed by atoms with Crippen molar-refractivity contribution in [1.29, 1.82) is 0 Å². The Bertz CT molecular complexity index is 957. The molecule has 3 rings (SSSR count). The number of aromatic nitrogens is 3. The van der Waals surface area contributed by atoms with E-state index in [1.54, 1.807) is 0 Å². The lowest BCUT2D eigenvalue weighted by atomic mass is 9.78. The topological polar surface area (TPSA) is 57.1 Å². The summed E-state index contributed by atoms with van der Waals surface area (Å²) < 4.78 is 56.8. The van der Waals surface area contributed by atoms with Crippen molar-refractivity contribution >= 4 is 0 Å². The zero-order valence-electron chi connectivity index (χ0n) is 23.1. The molecule has 1 atom stereocenters. The summed E-state index contributed by atoms with van der Waals surface area (Å²) in [6.07, 6.45) is 15.7. The molecule has 8 heteroatoms. The molecule has 0 saturated carbocycles. The summed E-state index contributed by atoms with van der Waals surface area (Å²) in [5.74, 6) is -4.48. The molecule has 5 nitrogen and oxygen atoms in total. The van der Waals surface area contributed by atoms with Crippen LogP contribution < -0.4 is 4.74 Å². The molecule has 0 saturated heterocycles. The maximum absolute atomic E-state index is 15.3. The zero-order valence-corrected chi connectivity index (χ0v) is 23.1. The van der Waals surface area contributed by atoms with Gasteiger partial charge in [-0.2, -0.15) is 4.39 Å². The van der Waals surface area contributed by atoms with Crippen LogP contribution in [0.2, 0.25) is 0 Å². The molecule has 0 aliphatic heterocycles. The Labute approximate surface area is 226 Å². The summed E-state index contributed by atoms with van der Waals surface area (Å²) in [7, 11) is 0. The van der Waals surface area contributed by atoms with Gasteiger partial charge in [-0.05, 0) is 50.2 Å². The van der Waals surface area contributed by atoms with Crippen LogP contribution in [0.5, 0.6) is 5.75 Å². The molecule has 0 amide bonds. The molecule has 1 unspecified atom stereocenters. The van der Waals surface area contributed by atoms with E-state index in [9.17, 15) is 4.39 Å². The lowest BCUT2D eigenvalue weighted by molar-refractivity contribution is -0.0824. The molecule has 2 aromatic heterocycles. The number of halogens is 3. The molecule has 1 aliphatic rings. The quantitative estimate of drug-likeness (QED) is 0.142. The molecule has 38 heavy (non-hydrogen) atoms. The highest BCUT2D eigenvalue weighted by Gasteiger charge is 2.47. The average Bonchev–Trinajstić information content (AvgIpc) is 2.90.